The zero-order chi connectivity index (χ0) is 12.0. The lowest BCUT2D eigenvalue weighted by molar-refractivity contribution is 0.0297. The molecule has 0 saturated carbocycles. The third kappa shape index (κ3) is 5.55. The summed E-state index contributed by atoms with van der Waals surface area (Å²) in [6, 6.07) is 0.529. The summed E-state index contributed by atoms with van der Waals surface area (Å²) in [6.45, 7) is 7.52. The lowest BCUT2D eigenvalue weighted by Crippen LogP contribution is -2.46. The van der Waals surface area contributed by atoms with Crippen LogP contribution in [0.5, 0.6) is 0 Å². The van der Waals surface area contributed by atoms with Crippen LogP contribution in [0.2, 0.25) is 0 Å². The Morgan fingerprint density at radius 2 is 1.81 bits per heavy atom. The van der Waals surface area contributed by atoms with Crippen molar-refractivity contribution in [3.63, 3.8) is 0 Å². The smallest absolute Gasteiger partial charge is 0.0787 e. The normalized spacial score (nSPS) is 22.3. The van der Waals surface area contributed by atoms with Gasteiger partial charge in [-0.1, -0.05) is 13.8 Å². The average molecular weight is 245 g/mol. The van der Waals surface area contributed by atoms with Gasteiger partial charge in [-0.3, -0.25) is 0 Å². The first-order chi connectivity index (χ1) is 7.52. The molecule has 0 bridgehead atoms. The van der Waals surface area contributed by atoms with Gasteiger partial charge >= 0.3 is 0 Å². The predicted octanol–water partition coefficient (Wildman–Crippen LogP) is 2.66. The molecule has 2 N–H and O–H groups in total. The predicted molar refractivity (Wildman–Crippen MR) is 73.0 cm³/mol. The Hall–Kier alpha value is 0.270. The Balaban J connectivity index is 2.17. The number of aliphatic hydroxyl groups is 1. The molecule has 0 spiro atoms. The number of rotatable bonds is 6. The van der Waals surface area contributed by atoms with Gasteiger partial charge in [-0.2, -0.15) is 11.8 Å². The molecule has 1 aliphatic rings. The topological polar surface area (TPSA) is 32.3 Å². The number of hydrogen-bond acceptors (Lipinski definition) is 3. The van der Waals surface area contributed by atoms with Gasteiger partial charge in [0.15, 0.2) is 0 Å². The van der Waals surface area contributed by atoms with Gasteiger partial charge < -0.3 is 10.4 Å². The Labute approximate surface area is 105 Å². The first-order valence-electron chi connectivity index (χ1n) is 6.55. The summed E-state index contributed by atoms with van der Waals surface area (Å²) < 4.78 is 0. The van der Waals surface area contributed by atoms with Gasteiger partial charge in [-0.05, 0) is 50.0 Å². The summed E-state index contributed by atoms with van der Waals surface area (Å²) in [5.74, 6) is 3.00. The highest BCUT2D eigenvalue weighted by Crippen LogP contribution is 2.26. The Kier molecular flexibility index (Phi) is 6.16. The van der Waals surface area contributed by atoms with E-state index >= 15 is 0 Å². The van der Waals surface area contributed by atoms with Crippen molar-refractivity contribution < 1.29 is 5.11 Å². The van der Waals surface area contributed by atoms with Gasteiger partial charge in [-0.25, -0.2) is 0 Å². The molecule has 16 heavy (non-hydrogen) atoms. The molecule has 1 fully saturated rings. The molecule has 0 aromatic rings. The fourth-order valence-electron chi connectivity index (χ4n) is 1.98. The van der Waals surface area contributed by atoms with Crippen molar-refractivity contribution in [1.82, 2.24) is 5.32 Å². The molecule has 1 aliphatic heterocycles. The van der Waals surface area contributed by atoms with Gasteiger partial charge in [0, 0.05) is 12.6 Å². The lowest BCUT2D eigenvalue weighted by Gasteiger charge is -2.33. The SMILES string of the molecule is CC(C)CCC(C)NCC1(O)CCSCC1. The zero-order valence-corrected chi connectivity index (χ0v) is 11.8. The molecule has 1 unspecified atom stereocenters. The van der Waals surface area contributed by atoms with Crippen molar-refractivity contribution in [2.24, 2.45) is 5.92 Å². The highest BCUT2D eigenvalue weighted by Gasteiger charge is 2.29. The molecule has 2 nitrogen and oxygen atoms in total. The second kappa shape index (κ2) is 6.87. The molecule has 0 aliphatic carbocycles. The molecule has 1 heterocycles. The third-order valence-corrected chi connectivity index (χ3v) is 4.37. The van der Waals surface area contributed by atoms with Gasteiger partial charge in [0.1, 0.15) is 0 Å². The molecule has 0 amide bonds. The van der Waals surface area contributed by atoms with E-state index < -0.39 is 5.60 Å². The molecule has 3 heteroatoms. The minimum absolute atomic E-state index is 0.433. The highest BCUT2D eigenvalue weighted by atomic mass is 32.2. The molecule has 1 saturated heterocycles. The fourth-order valence-corrected chi connectivity index (χ4v) is 3.23. The van der Waals surface area contributed by atoms with Crippen molar-refractivity contribution in [3.05, 3.63) is 0 Å². The standard InChI is InChI=1S/C13H27NOS/c1-11(2)4-5-12(3)14-10-13(15)6-8-16-9-7-13/h11-12,14-15H,4-10H2,1-3H3. The van der Waals surface area contributed by atoms with Crippen molar-refractivity contribution in [2.75, 3.05) is 18.1 Å². The minimum atomic E-state index is -0.433. The van der Waals surface area contributed by atoms with Crippen LogP contribution in [0.4, 0.5) is 0 Å². The number of thioether (sulfide) groups is 1. The minimum Gasteiger partial charge on any atom is -0.389 e. The van der Waals surface area contributed by atoms with Crippen LogP contribution in [0.15, 0.2) is 0 Å². The molecule has 1 rings (SSSR count). The van der Waals surface area contributed by atoms with E-state index in [0.29, 0.717) is 6.04 Å². The maximum Gasteiger partial charge on any atom is 0.0787 e. The van der Waals surface area contributed by atoms with E-state index in [-0.39, 0.29) is 0 Å². The first kappa shape index (κ1) is 14.3. The number of hydrogen-bond donors (Lipinski definition) is 2. The second-order valence-electron chi connectivity index (χ2n) is 5.59. The van der Waals surface area contributed by atoms with Crippen molar-refractivity contribution in [2.45, 2.75) is 58.1 Å². The van der Waals surface area contributed by atoms with E-state index in [1.807, 2.05) is 11.8 Å². The molecule has 0 radical (unpaired) electrons. The average Bonchev–Trinajstić information content (AvgIpc) is 2.25. The van der Waals surface area contributed by atoms with E-state index in [1.54, 1.807) is 0 Å². The van der Waals surface area contributed by atoms with Crippen LogP contribution in [0.25, 0.3) is 0 Å². The first-order valence-corrected chi connectivity index (χ1v) is 7.71. The second-order valence-corrected chi connectivity index (χ2v) is 6.81. The van der Waals surface area contributed by atoms with E-state index in [0.717, 1.165) is 36.8 Å². The molecule has 96 valence electrons. The summed E-state index contributed by atoms with van der Waals surface area (Å²) in [6.07, 6.45) is 4.37. The molecule has 1 atom stereocenters. The van der Waals surface area contributed by atoms with Gasteiger partial charge in [-0.15, -0.1) is 0 Å². The van der Waals surface area contributed by atoms with Crippen LogP contribution in [-0.4, -0.2) is 34.8 Å². The van der Waals surface area contributed by atoms with Crippen molar-refractivity contribution in [1.29, 1.82) is 0 Å². The van der Waals surface area contributed by atoms with Crippen LogP contribution in [0, 0.1) is 5.92 Å². The summed E-state index contributed by atoms with van der Waals surface area (Å²) in [4.78, 5) is 0. The number of nitrogens with one attached hydrogen (secondary N) is 1. The fraction of sp³-hybridized carbons (Fsp3) is 1.00. The van der Waals surface area contributed by atoms with Crippen molar-refractivity contribution >= 4 is 11.8 Å². The molecule has 0 aromatic heterocycles. The summed E-state index contributed by atoms with van der Waals surface area (Å²) >= 11 is 1.96. The Morgan fingerprint density at radius 1 is 1.19 bits per heavy atom. The van der Waals surface area contributed by atoms with Crippen molar-refractivity contribution in [3.8, 4) is 0 Å². The summed E-state index contributed by atoms with van der Waals surface area (Å²) in [7, 11) is 0. The van der Waals surface area contributed by atoms with E-state index in [9.17, 15) is 5.11 Å². The summed E-state index contributed by atoms with van der Waals surface area (Å²) in [5.41, 5.74) is -0.433. The van der Waals surface area contributed by atoms with E-state index in [4.69, 9.17) is 0 Å². The van der Waals surface area contributed by atoms with Crippen LogP contribution in [0.3, 0.4) is 0 Å². The maximum absolute atomic E-state index is 10.3. The lowest BCUT2D eigenvalue weighted by atomic mass is 9.96. The molecular weight excluding hydrogens is 218 g/mol. The van der Waals surface area contributed by atoms with Gasteiger partial charge in [0.05, 0.1) is 5.60 Å². The van der Waals surface area contributed by atoms with E-state index in [2.05, 4.69) is 26.1 Å². The zero-order valence-electron chi connectivity index (χ0n) is 11.0. The van der Waals surface area contributed by atoms with E-state index in [1.165, 1.54) is 12.8 Å². The van der Waals surface area contributed by atoms with Gasteiger partial charge in [0.2, 0.25) is 0 Å². The van der Waals surface area contributed by atoms with Gasteiger partial charge in [0.25, 0.3) is 0 Å². The van der Waals surface area contributed by atoms with Crippen LogP contribution in [-0.2, 0) is 0 Å². The molecular formula is C13H27NOS. The van der Waals surface area contributed by atoms with Crippen LogP contribution < -0.4 is 5.32 Å². The maximum atomic E-state index is 10.3. The molecule has 0 aromatic carbocycles. The Morgan fingerprint density at radius 3 is 2.38 bits per heavy atom. The largest absolute Gasteiger partial charge is 0.389 e. The highest BCUT2D eigenvalue weighted by molar-refractivity contribution is 7.99. The monoisotopic (exact) mass is 245 g/mol. The van der Waals surface area contributed by atoms with Crippen LogP contribution in [0.1, 0.15) is 46.5 Å². The van der Waals surface area contributed by atoms with Crippen LogP contribution >= 0.6 is 11.8 Å². The quantitative estimate of drug-likeness (QED) is 0.754. The third-order valence-electron chi connectivity index (χ3n) is 3.38. The Bertz CT molecular complexity index is 190. The summed E-state index contributed by atoms with van der Waals surface area (Å²) in [5, 5.41) is 13.8.